The summed E-state index contributed by atoms with van der Waals surface area (Å²) in [5, 5.41) is 5.38. The third-order valence-corrected chi connectivity index (χ3v) is 5.86. The Morgan fingerprint density at radius 1 is 0.909 bits per heavy atom. The second kappa shape index (κ2) is 12.2. The topological polar surface area (TPSA) is 54.5 Å². The van der Waals surface area contributed by atoms with Crippen molar-refractivity contribution in [3.63, 3.8) is 0 Å². The summed E-state index contributed by atoms with van der Waals surface area (Å²) in [4.78, 5) is 18.2. The molecule has 0 fully saturated rings. The van der Waals surface area contributed by atoms with Crippen molar-refractivity contribution in [3.8, 4) is 22.8 Å². The summed E-state index contributed by atoms with van der Waals surface area (Å²) in [6, 6.07) is 24.9. The highest BCUT2D eigenvalue weighted by molar-refractivity contribution is 7.97. The van der Waals surface area contributed by atoms with Gasteiger partial charge in [-0.2, -0.15) is 0 Å². The van der Waals surface area contributed by atoms with Gasteiger partial charge in [-0.15, -0.1) is 11.3 Å². The molecule has 3 aromatic carbocycles. The number of hydrogen-bond acceptors (Lipinski definition) is 6. The normalized spacial score (nSPS) is 10.3. The predicted molar refractivity (Wildman–Crippen MR) is 139 cm³/mol. The molecule has 1 heterocycles. The van der Waals surface area contributed by atoms with E-state index in [1.807, 2.05) is 116 Å². The lowest BCUT2D eigenvalue weighted by molar-refractivity contribution is 0.102. The molecular weight excluding hydrogens is 450 g/mol. The van der Waals surface area contributed by atoms with E-state index in [4.69, 9.17) is 4.74 Å². The van der Waals surface area contributed by atoms with E-state index in [1.54, 1.807) is 11.9 Å². The highest BCUT2D eigenvalue weighted by Crippen LogP contribution is 2.28. The van der Waals surface area contributed by atoms with Crippen LogP contribution in [-0.2, 0) is 0 Å². The molecule has 5 nitrogen and oxygen atoms in total. The summed E-state index contributed by atoms with van der Waals surface area (Å²) in [6.45, 7) is 4.00. The number of para-hydroxylation sites is 1. The van der Waals surface area contributed by atoms with Crippen molar-refractivity contribution in [1.29, 1.82) is 0 Å². The minimum absolute atomic E-state index is 0.172. The second-order valence-corrected chi connectivity index (χ2v) is 9.10. The number of carbonyl (C=O) groups excluding carboxylic acids is 1. The zero-order chi connectivity index (χ0) is 23.6. The van der Waals surface area contributed by atoms with Crippen LogP contribution in [0.3, 0.4) is 0 Å². The Balaban J connectivity index is 0.00000149. The fourth-order valence-electron chi connectivity index (χ4n) is 2.83. The van der Waals surface area contributed by atoms with Crippen molar-refractivity contribution in [2.24, 2.45) is 0 Å². The first-order chi connectivity index (χ1) is 16.1. The number of aromatic nitrogens is 1. The summed E-state index contributed by atoms with van der Waals surface area (Å²) in [6.07, 6.45) is 0. The molecular formula is C26H27N3O2S2. The van der Waals surface area contributed by atoms with Gasteiger partial charge in [-0.25, -0.2) is 4.98 Å². The number of nitrogens with zero attached hydrogens (tertiary/aromatic N) is 2. The monoisotopic (exact) mass is 477 g/mol. The molecule has 0 aliphatic heterocycles. The van der Waals surface area contributed by atoms with Gasteiger partial charge in [0.25, 0.3) is 5.91 Å². The van der Waals surface area contributed by atoms with Crippen LogP contribution in [0.2, 0.25) is 0 Å². The van der Waals surface area contributed by atoms with Gasteiger partial charge >= 0.3 is 0 Å². The number of thiazole rings is 1. The Bertz CT molecular complexity index is 1140. The van der Waals surface area contributed by atoms with Gasteiger partial charge in [-0.1, -0.05) is 32.0 Å². The van der Waals surface area contributed by atoms with Crippen LogP contribution in [0.4, 0.5) is 5.13 Å². The molecule has 33 heavy (non-hydrogen) atoms. The molecule has 0 aliphatic rings. The van der Waals surface area contributed by atoms with Gasteiger partial charge in [0.15, 0.2) is 5.13 Å². The minimum atomic E-state index is -0.172. The van der Waals surface area contributed by atoms with Crippen LogP contribution in [0.15, 0.2) is 89.1 Å². The third-order valence-electron chi connectivity index (χ3n) is 4.26. The first-order valence-electron chi connectivity index (χ1n) is 10.6. The zero-order valence-electron chi connectivity index (χ0n) is 19.1. The van der Waals surface area contributed by atoms with Crippen LogP contribution < -0.4 is 10.1 Å². The fourth-order valence-corrected chi connectivity index (χ4v) is 4.22. The molecule has 1 amide bonds. The predicted octanol–water partition coefficient (Wildman–Crippen LogP) is 7.45. The smallest absolute Gasteiger partial charge is 0.257 e. The fraction of sp³-hybridized carbons (Fsp3) is 0.154. The van der Waals surface area contributed by atoms with Gasteiger partial charge in [0.2, 0.25) is 0 Å². The third kappa shape index (κ3) is 7.18. The molecule has 0 saturated carbocycles. The van der Waals surface area contributed by atoms with E-state index in [-0.39, 0.29) is 5.91 Å². The maximum Gasteiger partial charge on any atom is 0.257 e. The van der Waals surface area contributed by atoms with Crippen LogP contribution in [0.25, 0.3) is 11.3 Å². The number of benzene rings is 3. The standard InChI is InChI=1S/C24H21N3O2S2.C2H6/c1-27(2)31-21-14-10-18(11-15-21)23(28)26-24-25-22(16-30-24)17-8-12-20(13-9-17)29-19-6-4-3-5-7-19;1-2/h3-16H,1-2H3,(H,25,26,28);1-2H3. The summed E-state index contributed by atoms with van der Waals surface area (Å²) in [7, 11) is 3.96. The van der Waals surface area contributed by atoms with Gasteiger partial charge in [0.1, 0.15) is 11.5 Å². The molecule has 170 valence electrons. The number of carbonyl (C=O) groups is 1. The molecule has 0 atom stereocenters. The first-order valence-corrected chi connectivity index (χ1v) is 12.3. The molecule has 0 unspecified atom stereocenters. The van der Waals surface area contributed by atoms with Crippen LogP contribution >= 0.6 is 23.3 Å². The first kappa shape index (κ1) is 24.5. The molecule has 1 aromatic heterocycles. The SMILES string of the molecule is CC.CN(C)Sc1ccc(C(=O)Nc2nc(-c3ccc(Oc4ccccc4)cc3)cs2)cc1. The average Bonchev–Trinajstić information content (AvgIpc) is 3.30. The highest BCUT2D eigenvalue weighted by Gasteiger charge is 2.11. The van der Waals surface area contributed by atoms with Gasteiger partial charge < -0.3 is 4.74 Å². The molecule has 4 aromatic rings. The van der Waals surface area contributed by atoms with Crippen LogP contribution in [0, 0.1) is 0 Å². The van der Waals surface area contributed by atoms with Gasteiger partial charge in [0.05, 0.1) is 5.69 Å². The Kier molecular flexibility index (Phi) is 9.06. The Morgan fingerprint density at radius 2 is 1.55 bits per heavy atom. The Labute approximate surface area is 203 Å². The quantitative estimate of drug-likeness (QED) is 0.280. The summed E-state index contributed by atoms with van der Waals surface area (Å²) in [5.74, 6) is 1.38. The number of ether oxygens (including phenoxy) is 1. The molecule has 7 heteroatoms. The number of rotatable bonds is 7. The zero-order valence-corrected chi connectivity index (χ0v) is 20.7. The molecule has 0 bridgehead atoms. The van der Waals surface area contributed by atoms with Crippen molar-refractivity contribution in [2.75, 3.05) is 19.4 Å². The molecule has 4 rings (SSSR count). The van der Waals surface area contributed by atoms with Gasteiger partial charge in [-0.3, -0.25) is 14.4 Å². The van der Waals surface area contributed by atoms with E-state index in [0.717, 1.165) is 27.7 Å². The van der Waals surface area contributed by atoms with E-state index in [0.29, 0.717) is 10.7 Å². The Morgan fingerprint density at radius 3 is 2.18 bits per heavy atom. The van der Waals surface area contributed by atoms with E-state index in [9.17, 15) is 4.79 Å². The van der Waals surface area contributed by atoms with E-state index in [1.165, 1.54) is 11.3 Å². The lowest BCUT2D eigenvalue weighted by Crippen LogP contribution is -2.11. The van der Waals surface area contributed by atoms with E-state index in [2.05, 4.69) is 10.3 Å². The largest absolute Gasteiger partial charge is 0.457 e. The number of nitrogens with one attached hydrogen (secondary N) is 1. The van der Waals surface area contributed by atoms with Crippen molar-refractivity contribution in [1.82, 2.24) is 9.29 Å². The van der Waals surface area contributed by atoms with Crippen molar-refractivity contribution in [2.45, 2.75) is 18.7 Å². The van der Waals surface area contributed by atoms with Crippen LogP contribution in [0.1, 0.15) is 24.2 Å². The summed E-state index contributed by atoms with van der Waals surface area (Å²) >= 11 is 3.01. The summed E-state index contributed by atoms with van der Waals surface area (Å²) < 4.78 is 7.83. The number of amides is 1. The second-order valence-electron chi connectivity index (χ2n) is 6.86. The number of hydrogen-bond donors (Lipinski definition) is 1. The number of anilines is 1. The molecule has 0 spiro atoms. The highest BCUT2D eigenvalue weighted by atomic mass is 32.2. The maximum absolute atomic E-state index is 12.5. The average molecular weight is 478 g/mol. The van der Waals surface area contributed by atoms with Crippen LogP contribution in [0.5, 0.6) is 11.5 Å². The molecule has 0 aliphatic carbocycles. The molecule has 1 N–H and O–H groups in total. The van der Waals surface area contributed by atoms with Crippen molar-refractivity contribution < 1.29 is 9.53 Å². The lowest BCUT2D eigenvalue weighted by atomic mass is 10.2. The Hall–Kier alpha value is -3.13. The summed E-state index contributed by atoms with van der Waals surface area (Å²) in [5.41, 5.74) is 2.37. The van der Waals surface area contributed by atoms with Gasteiger partial charge in [-0.05, 0) is 86.7 Å². The van der Waals surface area contributed by atoms with E-state index >= 15 is 0 Å². The molecule has 0 saturated heterocycles. The van der Waals surface area contributed by atoms with Crippen molar-refractivity contribution in [3.05, 3.63) is 89.8 Å². The maximum atomic E-state index is 12.5. The van der Waals surface area contributed by atoms with E-state index < -0.39 is 0 Å². The van der Waals surface area contributed by atoms with Crippen molar-refractivity contribution >= 4 is 34.3 Å². The molecule has 0 radical (unpaired) electrons. The van der Waals surface area contributed by atoms with Gasteiger partial charge in [0, 0.05) is 21.4 Å². The van der Waals surface area contributed by atoms with Crippen LogP contribution in [-0.4, -0.2) is 29.3 Å². The minimum Gasteiger partial charge on any atom is -0.457 e. The lowest BCUT2D eigenvalue weighted by Gasteiger charge is -2.08.